The molecule has 0 spiro atoms. The first-order valence-corrected chi connectivity index (χ1v) is 6.48. The summed E-state index contributed by atoms with van der Waals surface area (Å²) < 4.78 is 11.5. The van der Waals surface area contributed by atoms with Crippen LogP contribution in [0.4, 0.5) is 0 Å². The van der Waals surface area contributed by atoms with E-state index >= 15 is 0 Å². The van der Waals surface area contributed by atoms with E-state index in [-0.39, 0.29) is 5.60 Å². The van der Waals surface area contributed by atoms with E-state index in [1.54, 1.807) is 7.11 Å². The fraction of sp³-hybridized carbons (Fsp3) is 0.375. The fourth-order valence-electron chi connectivity index (χ4n) is 2.77. The Morgan fingerprint density at radius 1 is 1.21 bits per heavy atom. The molecule has 1 atom stereocenters. The SMILES string of the molecule is COc1cccc2c3c(ccc12)C(O)CC(C)(C)O3. The lowest BCUT2D eigenvalue weighted by Crippen LogP contribution is -2.34. The molecule has 3 nitrogen and oxygen atoms in total. The first-order valence-electron chi connectivity index (χ1n) is 6.48. The Balaban J connectivity index is 2.29. The Labute approximate surface area is 112 Å². The predicted octanol–water partition coefficient (Wildman–Crippen LogP) is 3.44. The minimum atomic E-state index is -0.477. The number of hydrogen-bond donors (Lipinski definition) is 1. The quantitative estimate of drug-likeness (QED) is 0.851. The van der Waals surface area contributed by atoms with Gasteiger partial charge in [-0.05, 0) is 19.9 Å². The van der Waals surface area contributed by atoms with Gasteiger partial charge in [0, 0.05) is 22.8 Å². The number of aliphatic hydroxyl groups is 1. The van der Waals surface area contributed by atoms with E-state index in [1.807, 2.05) is 44.2 Å². The van der Waals surface area contributed by atoms with Crippen molar-refractivity contribution in [1.29, 1.82) is 0 Å². The highest BCUT2D eigenvalue weighted by molar-refractivity contribution is 5.94. The van der Waals surface area contributed by atoms with Crippen molar-refractivity contribution in [3.8, 4) is 11.5 Å². The van der Waals surface area contributed by atoms with Crippen LogP contribution >= 0.6 is 0 Å². The molecule has 3 rings (SSSR count). The minimum absolute atomic E-state index is 0.357. The molecule has 0 bridgehead atoms. The predicted molar refractivity (Wildman–Crippen MR) is 74.8 cm³/mol. The molecule has 1 N–H and O–H groups in total. The van der Waals surface area contributed by atoms with Gasteiger partial charge in [0.05, 0.1) is 13.2 Å². The summed E-state index contributed by atoms with van der Waals surface area (Å²) >= 11 is 0. The van der Waals surface area contributed by atoms with Crippen molar-refractivity contribution in [1.82, 2.24) is 0 Å². The number of methoxy groups -OCH3 is 1. The van der Waals surface area contributed by atoms with Crippen LogP contribution in [0.5, 0.6) is 11.5 Å². The van der Waals surface area contributed by atoms with E-state index in [2.05, 4.69) is 0 Å². The van der Waals surface area contributed by atoms with E-state index in [4.69, 9.17) is 9.47 Å². The summed E-state index contributed by atoms with van der Waals surface area (Å²) in [4.78, 5) is 0. The first-order chi connectivity index (χ1) is 9.02. The highest BCUT2D eigenvalue weighted by Gasteiger charge is 2.33. The summed E-state index contributed by atoms with van der Waals surface area (Å²) in [5, 5.41) is 12.3. The van der Waals surface area contributed by atoms with Crippen LogP contribution in [0.2, 0.25) is 0 Å². The third-order valence-electron chi connectivity index (χ3n) is 3.64. The molecule has 1 aliphatic rings. The molecule has 100 valence electrons. The van der Waals surface area contributed by atoms with Gasteiger partial charge in [-0.15, -0.1) is 0 Å². The second-order valence-corrected chi connectivity index (χ2v) is 5.62. The van der Waals surface area contributed by atoms with Gasteiger partial charge in [-0.3, -0.25) is 0 Å². The van der Waals surface area contributed by atoms with E-state index in [0.29, 0.717) is 6.42 Å². The molecular weight excluding hydrogens is 240 g/mol. The lowest BCUT2D eigenvalue weighted by molar-refractivity contribution is 0.0130. The average molecular weight is 258 g/mol. The van der Waals surface area contributed by atoms with Crippen LogP contribution < -0.4 is 9.47 Å². The van der Waals surface area contributed by atoms with Gasteiger partial charge in [0.1, 0.15) is 17.1 Å². The summed E-state index contributed by atoms with van der Waals surface area (Å²) in [5.41, 5.74) is 0.504. The third kappa shape index (κ3) is 1.94. The molecule has 2 aromatic rings. The van der Waals surface area contributed by atoms with Crippen LogP contribution in [0.3, 0.4) is 0 Å². The van der Waals surface area contributed by atoms with Crippen LogP contribution in [0, 0.1) is 0 Å². The topological polar surface area (TPSA) is 38.7 Å². The molecule has 0 radical (unpaired) electrons. The molecule has 19 heavy (non-hydrogen) atoms. The fourth-order valence-corrected chi connectivity index (χ4v) is 2.77. The van der Waals surface area contributed by atoms with Crippen LogP contribution in [0.1, 0.15) is 31.9 Å². The van der Waals surface area contributed by atoms with Crippen LogP contribution in [-0.4, -0.2) is 17.8 Å². The maximum absolute atomic E-state index is 10.3. The van der Waals surface area contributed by atoms with E-state index in [1.165, 1.54) is 0 Å². The zero-order chi connectivity index (χ0) is 13.6. The van der Waals surface area contributed by atoms with Crippen molar-refractivity contribution >= 4 is 10.8 Å². The summed E-state index contributed by atoms with van der Waals surface area (Å²) in [6, 6.07) is 9.79. The lowest BCUT2D eigenvalue weighted by Gasteiger charge is -2.36. The summed E-state index contributed by atoms with van der Waals surface area (Å²) in [5.74, 6) is 1.60. The highest BCUT2D eigenvalue weighted by atomic mass is 16.5. The Bertz CT molecular complexity index is 631. The Morgan fingerprint density at radius 3 is 2.74 bits per heavy atom. The lowest BCUT2D eigenvalue weighted by atomic mass is 9.90. The summed E-state index contributed by atoms with van der Waals surface area (Å²) in [7, 11) is 1.66. The molecule has 0 aliphatic carbocycles. The molecule has 3 heteroatoms. The van der Waals surface area contributed by atoms with Crippen molar-refractivity contribution in [3.05, 3.63) is 35.9 Å². The summed E-state index contributed by atoms with van der Waals surface area (Å²) in [6.45, 7) is 4.00. The van der Waals surface area contributed by atoms with Crippen LogP contribution in [0.25, 0.3) is 10.8 Å². The van der Waals surface area contributed by atoms with Crippen molar-refractivity contribution < 1.29 is 14.6 Å². The molecule has 1 aliphatic heterocycles. The van der Waals surface area contributed by atoms with Crippen LogP contribution in [0.15, 0.2) is 30.3 Å². The molecular formula is C16H18O3. The number of ether oxygens (including phenoxy) is 2. The van der Waals surface area contributed by atoms with Gasteiger partial charge in [-0.25, -0.2) is 0 Å². The molecule has 1 heterocycles. The number of hydrogen-bond acceptors (Lipinski definition) is 3. The molecule has 0 fully saturated rings. The summed E-state index contributed by atoms with van der Waals surface area (Å²) in [6.07, 6.45) is 0.129. The average Bonchev–Trinajstić information content (AvgIpc) is 2.36. The zero-order valence-electron chi connectivity index (χ0n) is 11.4. The second-order valence-electron chi connectivity index (χ2n) is 5.62. The van der Waals surface area contributed by atoms with E-state index < -0.39 is 6.10 Å². The monoisotopic (exact) mass is 258 g/mol. The molecule has 0 aromatic heterocycles. The van der Waals surface area contributed by atoms with Gasteiger partial charge in [0.15, 0.2) is 0 Å². The highest BCUT2D eigenvalue weighted by Crippen LogP contribution is 2.44. The Hall–Kier alpha value is -1.74. The standard InChI is InChI=1S/C16H18O3/c1-16(2)9-13(17)12-8-7-10-11(15(12)19-16)5-4-6-14(10)18-3/h4-8,13,17H,9H2,1-3H3. The van der Waals surface area contributed by atoms with E-state index in [9.17, 15) is 5.11 Å². The van der Waals surface area contributed by atoms with Gasteiger partial charge in [0.25, 0.3) is 0 Å². The van der Waals surface area contributed by atoms with Crippen molar-refractivity contribution in [2.45, 2.75) is 32.0 Å². The number of aliphatic hydroxyl groups excluding tert-OH is 1. The molecule has 2 aromatic carbocycles. The number of benzene rings is 2. The maximum Gasteiger partial charge on any atom is 0.133 e. The van der Waals surface area contributed by atoms with Gasteiger partial charge >= 0.3 is 0 Å². The molecule has 0 saturated heterocycles. The van der Waals surface area contributed by atoms with Gasteiger partial charge in [0.2, 0.25) is 0 Å². The third-order valence-corrected chi connectivity index (χ3v) is 3.64. The zero-order valence-corrected chi connectivity index (χ0v) is 11.4. The Morgan fingerprint density at radius 2 is 2.00 bits per heavy atom. The maximum atomic E-state index is 10.3. The minimum Gasteiger partial charge on any atom is -0.496 e. The largest absolute Gasteiger partial charge is 0.496 e. The van der Waals surface area contributed by atoms with Crippen molar-refractivity contribution in [2.24, 2.45) is 0 Å². The normalized spacial score (nSPS) is 20.7. The Kier molecular flexibility index (Phi) is 2.68. The van der Waals surface area contributed by atoms with Crippen molar-refractivity contribution in [2.75, 3.05) is 7.11 Å². The smallest absolute Gasteiger partial charge is 0.133 e. The van der Waals surface area contributed by atoms with Crippen molar-refractivity contribution in [3.63, 3.8) is 0 Å². The number of fused-ring (bicyclic) bond motifs is 3. The first kappa shape index (κ1) is 12.3. The van der Waals surface area contributed by atoms with Gasteiger partial charge in [-0.1, -0.05) is 24.3 Å². The second kappa shape index (κ2) is 4.14. The molecule has 1 unspecified atom stereocenters. The molecule has 0 amide bonds. The van der Waals surface area contributed by atoms with Crippen LogP contribution in [-0.2, 0) is 0 Å². The van der Waals surface area contributed by atoms with E-state index in [0.717, 1.165) is 27.8 Å². The van der Waals surface area contributed by atoms with Gasteiger partial charge < -0.3 is 14.6 Å². The van der Waals surface area contributed by atoms with Gasteiger partial charge in [-0.2, -0.15) is 0 Å². The molecule has 0 saturated carbocycles. The number of rotatable bonds is 1.